The molecule has 0 aromatic rings. The van der Waals surface area contributed by atoms with E-state index in [1.165, 1.54) is 109 Å². The molecule has 9 nitrogen and oxygen atoms in total. The predicted molar refractivity (Wildman–Crippen MR) is 187 cm³/mol. The Hall–Kier alpha value is -1.07. The van der Waals surface area contributed by atoms with Crippen molar-refractivity contribution in [2.75, 3.05) is 26.4 Å². The summed E-state index contributed by atoms with van der Waals surface area (Å²) >= 11 is 0. The highest BCUT2D eigenvalue weighted by molar-refractivity contribution is 5.69. The molecule has 6 unspecified atom stereocenters. The molecule has 0 amide bonds. The summed E-state index contributed by atoms with van der Waals surface area (Å²) in [6.45, 7) is 4.51. The number of ether oxygens (including phenoxy) is 4. The maximum atomic E-state index is 12.7. The van der Waals surface area contributed by atoms with Crippen molar-refractivity contribution in [2.24, 2.45) is 0 Å². The van der Waals surface area contributed by atoms with E-state index in [0.717, 1.165) is 32.1 Å². The third-order valence-corrected chi connectivity index (χ3v) is 8.93. The second-order valence-corrected chi connectivity index (χ2v) is 13.4. The quantitative estimate of drug-likeness (QED) is 0.0330. The van der Waals surface area contributed by atoms with Crippen molar-refractivity contribution >= 4 is 5.97 Å². The molecule has 0 aromatic heterocycles. The van der Waals surface area contributed by atoms with Gasteiger partial charge >= 0.3 is 5.97 Å². The molecule has 0 aromatic carbocycles. The van der Waals surface area contributed by atoms with Crippen LogP contribution in [0.4, 0.5) is 0 Å². The van der Waals surface area contributed by atoms with E-state index in [2.05, 4.69) is 26.0 Å². The SMILES string of the molecule is CCCCCCCC/C=C\CCCCCCCCCC(=O)OC(COCCCCCCCCC)COC1OC(CO)C(O)C(O)C1O. The fraction of sp³-hybridized carbons (Fsp3) is 0.921. The standard InChI is InChI=1S/C38H72O9/c1-3-5-7-9-11-12-13-14-15-16-17-18-19-20-21-23-25-27-34(40)46-32(30-44-28-26-24-22-10-8-6-4-2)31-45-38-37(43)36(42)35(41)33(29-39)47-38/h14-15,32-33,35-39,41-43H,3-13,16-31H2,1-2H3/b15-14-. The maximum absolute atomic E-state index is 12.7. The van der Waals surface area contributed by atoms with Gasteiger partial charge in [0.2, 0.25) is 0 Å². The van der Waals surface area contributed by atoms with Crippen LogP contribution in [-0.2, 0) is 23.7 Å². The van der Waals surface area contributed by atoms with Crippen LogP contribution in [0.5, 0.6) is 0 Å². The Labute approximate surface area is 286 Å². The number of hydrogen-bond donors (Lipinski definition) is 4. The minimum absolute atomic E-state index is 0.111. The van der Waals surface area contributed by atoms with E-state index in [1.807, 2.05) is 0 Å². The lowest BCUT2D eigenvalue weighted by atomic mass is 9.99. The smallest absolute Gasteiger partial charge is 0.306 e. The van der Waals surface area contributed by atoms with E-state index in [-0.39, 0.29) is 19.2 Å². The number of esters is 1. The van der Waals surface area contributed by atoms with Gasteiger partial charge in [-0.2, -0.15) is 0 Å². The summed E-state index contributed by atoms with van der Waals surface area (Å²) in [4.78, 5) is 12.7. The van der Waals surface area contributed by atoms with Crippen LogP contribution in [0.3, 0.4) is 0 Å². The Balaban J connectivity index is 2.27. The van der Waals surface area contributed by atoms with Crippen LogP contribution in [0.15, 0.2) is 12.2 Å². The molecular formula is C38H72O9. The zero-order chi connectivity index (χ0) is 34.4. The van der Waals surface area contributed by atoms with Crippen LogP contribution in [0, 0.1) is 0 Å². The fourth-order valence-corrected chi connectivity index (χ4v) is 5.84. The van der Waals surface area contributed by atoms with E-state index in [4.69, 9.17) is 18.9 Å². The molecule has 0 aliphatic carbocycles. The summed E-state index contributed by atoms with van der Waals surface area (Å²) < 4.78 is 22.6. The van der Waals surface area contributed by atoms with Crippen molar-refractivity contribution < 1.29 is 44.2 Å². The third-order valence-electron chi connectivity index (χ3n) is 8.93. The van der Waals surface area contributed by atoms with Gasteiger partial charge in [0.1, 0.15) is 30.5 Å². The fourth-order valence-electron chi connectivity index (χ4n) is 5.84. The van der Waals surface area contributed by atoms with Crippen molar-refractivity contribution in [1.82, 2.24) is 0 Å². The van der Waals surface area contributed by atoms with Crippen molar-refractivity contribution in [3.63, 3.8) is 0 Å². The number of aliphatic hydroxyl groups is 4. The van der Waals surface area contributed by atoms with Gasteiger partial charge < -0.3 is 39.4 Å². The molecule has 6 atom stereocenters. The topological polar surface area (TPSA) is 135 Å². The van der Waals surface area contributed by atoms with Gasteiger partial charge in [-0.1, -0.05) is 129 Å². The molecule has 9 heteroatoms. The average molecular weight is 673 g/mol. The molecule has 47 heavy (non-hydrogen) atoms. The van der Waals surface area contributed by atoms with E-state index in [0.29, 0.717) is 13.0 Å². The van der Waals surface area contributed by atoms with Gasteiger partial charge in [-0.15, -0.1) is 0 Å². The predicted octanol–water partition coefficient (Wildman–Crippen LogP) is 7.30. The summed E-state index contributed by atoms with van der Waals surface area (Å²) in [5.74, 6) is -0.320. The van der Waals surface area contributed by atoms with Crippen molar-refractivity contribution in [2.45, 2.75) is 198 Å². The van der Waals surface area contributed by atoms with E-state index < -0.39 is 43.4 Å². The largest absolute Gasteiger partial charge is 0.457 e. The zero-order valence-electron chi connectivity index (χ0n) is 30.0. The lowest BCUT2D eigenvalue weighted by Crippen LogP contribution is -2.59. The van der Waals surface area contributed by atoms with Gasteiger partial charge in [-0.25, -0.2) is 0 Å². The first kappa shape index (κ1) is 44.0. The molecule has 0 radical (unpaired) electrons. The number of aliphatic hydroxyl groups excluding tert-OH is 4. The first-order chi connectivity index (χ1) is 22.9. The minimum atomic E-state index is -1.53. The van der Waals surface area contributed by atoms with Gasteiger partial charge in [-0.05, 0) is 38.5 Å². The summed E-state index contributed by atoms with van der Waals surface area (Å²) in [7, 11) is 0. The Morgan fingerprint density at radius 3 is 1.72 bits per heavy atom. The first-order valence-electron chi connectivity index (χ1n) is 19.3. The monoisotopic (exact) mass is 673 g/mol. The van der Waals surface area contributed by atoms with Crippen molar-refractivity contribution in [1.29, 1.82) is 0 Å². The molecule has 1 aliphatic rings. The summed E-state index contributed by atoms with van der Waals surface area (Å²) in [5.41, 5.74) is 0. The van der Waals surface area contributed by atoms with Gasteiger partial charge in [-0.3, -0.25) is 4.79 Å². The summed E-state index contributed by atoms with van der Waals surface area (Å²) in [5, 5.41) is 39.8. The first-order valence-corrected chi connectivity index (χ1v) is 19.3. The molecule has 1 heterocycles. The lowest BCUT2D eigenvalue weighted by molar-refractivity contribution is -0.305. The average Bonchev–Trinajstić information content (AvgIpc) is 3.07. The Morgan fingerprint density at radius 1 is 0.660 bits per heavy atom. The molecule has 4 N–H and O–H groups in total. The second-order valence-electron chi connectivity index (χ2n) is 13.4. The Bertz CT molecular complexity index is 732. The number of rotatable bonds is 32. The van der Waals surface area contributed by atoms with Gasteiger partial charge in [0.25, 0.3) is 0 Å². The highest BCUT2D eigenvalue weighted by Crippen LogP contribution is 2.22. The molecule has 0 saturated carbocycles. The highest BCUT2D eigenvalue weighted by Gasteiger charge is 2.44. The van der Waals surface area contributed by atoms with Crippen LogP contribution in [0.25, 0.3) is 0 Å². The molecule has 1 rings (SSSR count). The van der Waals surface area contributed by atoms with Crippen LogP contribution in [-0.4, -0.2) is 89.6 Å². The number of hydrogen-bond acceptors (Lipinski definition) is 9. The second kappa shape index (κ2) is 30.9. The maximum Gasteiger partial charge on any atom is 0.306 e. The Morgan fingerprint density at radius 2 is 1.17 bits per heavy atom. The van der Waals surface area contributed by atoms with Gasteiger partial charge in [0.15, 0.2) is 6.29 Å². The van der Waals surface area contributed by atoms with Gasteiger partial charge in [0, 0.05) is 13.0 Å². The third kappa shape index (κ3) is 23.1. The summed E-state index contributed by atoms with van der Waals surface area (Å²) in [6, 6.07) is 0. The van der Waals surface area contributed by atoms with E-state index >= 15 is 0 Å². The van der Waals surface area contributed by atoms with E-state index in [1.54, 1.807) is 0 Å². The Kier molecular flexibility index (Phi) is 28.9. The molecule has 1 saturated heterocycles. The minimum Gasteiger partial charge on any atom is -0.457 e. The van der Waals surface area contributed by atoms with Crippen LogP contribution >= 0.6 is 0 Å². The number of carbonyl (C=O) groups excluding carboxylic acids is 1. The van der Waals surface area contributed by atoms with Crippen molar-refractivity contribution in [3.05, 3.63) is 12.2 Å². The highest BCUT2D eigenvalue weighted by atomic mass is 16.7. The zero-order valence-corrected chi connectivity index (χ0v) is 30.0. The van der Waals surface area contributed by atoms with E-state index in [9.17, 15) is 25.2 Å². The molecule has 0 bridgehead atoms. The molecule has 1 aliphatic heterocycles. The van der Waals surface area contributed by atoms with Crippen molar-refractivity contribution in [3.8, 4) is 0 Å². The van der Waals surface area contributed by atoms with Crippen LogP contribution < -0.4 is 0 Å². The number of carbonyl (C=O) groups is 1. The normalized spacial score (nSPS) is 22.2. The molecule has 278 valence electrons. The van der Waals surface area contributed by atoms with Crippen LogP contribution in [0.1, 0.15) is 162 Å². The number of allylic oxidation sites excluding steroid dienone is 2. The molecule has 1 fully saturated rings. The molecular weight excluding hydrogens is 600 g/mol. The lowest BCUT2D eigenvalue weighted by Gasteiger charge is -2.39. The summed E-state index contributed by atoms with van der Waals surface area (Å²) in [6.07, 6.45) is 23.9. The van der Waals surface area contributed by atoms with Crippen LogP contribution in [0.2, 0.25) is 0 Å². The number of unbranched alkanes of at least 4 members (excludes halogenated alkanes) is 19. The molecule has 0 spiro atoms. The van der Waals surface area contributed by atoms with Gasteiger partial charge in [0.05, 0.1) is 19.8 Å².